The van der Waals surface area contributed by atoms with Crippen molar-refractivity contribution in [1.29, 1.82) is 0 Å². The molecule has 1 aromatic rings. The summed E-state index contributed by atoms with van der Waals surface area (Å²) in [5.74, 6) is -0.237. The number of nitrogens with zero attached hydrogens (tertiary/aromatic N) is 1. The molecule has 1 amide bonds. The van der Waals surface area contributed by atoms with Crippen LogP contribution < -0.4 is 0 Å². The molecule has 0 heterocycles. The molecule has 1 fully saturated rings. The Bertz CT molecular complexity index is 455. The number of carbonyl (C=O) groups excluding carboxylic acids is 1. The number of rotatable bonds is 4. The van der Waals surface area contributed by atoms with Gasteiger partial charge in [0.2, 0.25) is 0 Å². The molecule has 1 aliphatic rings. The van der Waals surface area contributed by atoms with E-state index in [-0.39, 0.29) is 17.7 Å². The Morgan fingerprint density at radius 3 is 2.82 bits per heavy atom. The summed E-state index contributed by atoms with van der Waals surface area (Å²) >= 11 is 5.74. The predicted octanol–water partition coefficient (Wildman–Crippen LogP) is 2.84. The normalized spacial score (nSPS) is 14.4. The van der Waals surface area contributed by atoms with Gasteiger partial charge >= 0.3 is 0 Å². The van der Waals surface area contributed by atoms with E-state index in [1.807, 2.05) is 0 Å². The molecule has 3 nitrogen and oxygen atoms in total. The minimum absolute atomic E-state index is 0.0720. The average molecular weight is 252 g/mol. The van der Waals surface area contributed by atoms with Gasteiger partial charge in [-0.15, -0.1) is 6.58 Å². The lowest BCUT2D eigenvalue weighted by molar-refractivity contribution is 0.0759. The zero-order chi connectivity index (χ0) is 12.4. The van der Waals surface area contributed by atoms with Crippen LogP contribution in [0.15, 0.2) is 30.9 Å². The van der Waals surface area contributed by atoms with Crippen LogP contribution in [0, 0.1) is 0 Å². The van der Waals surface area contributed by atoms with Crippen LogP contribution >= 0.6 is 11.6 Å². The first-order chi connectivity index (χ1) is 8.13. The van der Waals surface area contributed by atoms with Gasteiger partial charge < -0.3 is 10.0 Å². The monoisotopic (exact) mass is 251 g/mol. The second kappa shape index (κ2) is 4.80. The number of phenolic OH excluding ortho intramolecular Hbond substituents is 1. The summed E-state index contributed by atoms with van der Waals surface area (Å²) in [6.45, 7) is 4.15. The van der Waals surface area contributed by atoms with Gasteiger partial charge in [0.1, 0.15) is 5.75 Å². The topological polar surface area (TPSA) is 40.5 Å². The summed E-state index contributed by atoms with van der Waals surface area (Å²) in [7, 11) is 0. The molecule has 4 heteroatoms. The third-order valence-electron chi connectivity index (χ3n) is 2.76. The summed E-state index contributed by atoms with van der Waals surface area (Å²) in [6.07, 6.45) is 3.74. The van der Waals surface area contributed by atoms with Crippen molar-refractivity contribution in [2.24, 2.45) is 0 Å². The lowest BCUT2D eigenvalue weighted by Gasteiger charge is -2.21. The molecule has 90 valence electrons. The molecule has 0 saturated heterocycles. The molecule has 0 aliphatic heterocycles. The Morgan fingerprint density at radius 1 is 1.59 bits per heavy atom. The Hall–Kier alpha value is -1.48. The van der Waals surface area contributed by atoms with Gasteiger partial charge in [-0.05, 0) is 31.0 Å². The van der Waals surface area contributed by atoms with Crippen molar-refractivity contribution in [3.05, 3.63) is 41.4 Å². The van der Waals surface area contributed by atoms with Crippen molar-refractivity contribution in [1.82, 2.24) is 4.90 Å². The molecular weight excluding hydrogens is 238 g/mol. The first kappa shape index (κ1) is 12.0. The van der Waals surface area contributed by atoms with Crippen LogP contribution in [0.25, 0.3) is 0 Å². The molecule has 0 atom stereocenters. The van der Waals surface area contributed by atoms with E-state index in [0.29, 0.717) is 17.1 Å². The van der Waals surface area contributed by atoms with E-state index in [1.165, 1.54) is 6.07 Å². The van der Waals surface area contributed by atoms with Gasteiger partial charge in [-0.1, -0.05) is 17.7 Å². The maximum absolute atomic E-state index is 12.2. The minimum Gasteiger partial charge on any atom is -0.507 e. The molecule has 1 N–H and O–H groups in total. The van der Waals surface area contributed by atoms with Gasteiger partial charge in [0, 0.05) is 17.6 Å². The van der Waals surface area contributed by atoms with E-state index in [2.05, 4.69) is 6.58 Å². The van der Waals surface area contributed by atoms with Crippen molar-refractivity contribution in [2.75, 3.05) is 6.54 Å². The van der Waals surface area contributed by atoms with Crippen LogP contribution in [0.1, 0.15) is 23.2 Å². The Labute approximate surface area is 105 Å². The summed E-state index contributed by atoms with van der Waals surface area (Å²) < 4.78 is 0. The van der Waals surface area contributed by atoms with Gasteiger partial charge in [-0.3, -0.25) is 4.79 Å². The van der Waals surface area contributed by atoms with E-state index >= 15 is 0 Å². The Morgan fingerprint density at radius 2 is 2.29 bits per heavy atom. The standard InChI is InChI=1S/C13H14ClNO2/c1-2-7-15(10-4-5-10)13(17)11-6-3-9(14)8-12(11)16/h2-3,6,8,10,16H,1,4-5,7H2. The third-order valence-corrected chi connectivity index (χ3v) is 3.00. The van der Waals surface area contributed by atoms with E-state index in [0.717, 1.165) is 12.8 Å². The van der Waals surface area contributed by atoms with Crippen molar-refractivity contribution in [3.8, 4) is 5.75 Å². The van der Waals surface area contributed by atoms with Gasteiger partial charge in [-0.2, -0.15) is 0 Å². The molecule has 1 aromatic carbocycles. The van der Waals surface area contributed by atoms with E-state index in [1.54, 1.807) is 23.1 Å². The van der Waals surface area contributed by atoms with Gasteiger partial charge in [0.25, 0.3) is 5.91 Å². The highest BCUT2D eigenvalue weighted by molar-refractivity contribution is 6.30. The molecule has 2 rings (SSSR count). The number of benzene rings is 1. The maximum Gasteiger partial charge on any atom is 0.258 e. The molecule has 1 saturated carbocycles. The van der Waals surface area contributed by atoms with Crippen LogP contribution in [0.3, 0.4) is 0 Å². The average Bonchev–Trinajstić information content (AvgIpc) is 3.09. The first-order valence-corrected chi connectivity index (χ1v) is 5.91. The largest absolute Gasteiger partial charge is 0.507 e. The molecule has 0 aromatic heterocycles. The summed E-state index contributed by atoms with van der Waals surface area (Å²) in [6, 6.07) is 4.83. The van der Waals surface area contributed by atoms with Gasteiger partial charge in [-0.25, -0.2) is 0 Å². The molecule has 0 spiro atoms. The molecule has 0 unspecified atom stereocenters. The zero-order valence-corrected chi connectivity index (χ0v) is 10.2. The highest BCUT2D eigenvalue weighted by Gasteiger charge is 2.33. The summed E-state index contributed by atoms with van der Waals surface area (Å²) in [5, 5.41) is 10.1. The first-order valence-electron chi connectivity index (χ1n) is 5.54. The number of hydrogen-bond donors (Lipinski definition) is 1. The Kier molecular flexibility index (Phi) is 3.38. The highest BCUT2D eigenvalue weighted by Crippen LogP contribution is 2.30. The second-order valence-electron chi connectivity index (χ2n) is 4.14. The maximum atomic E-state index is 12.2. The van der Waals surface area contributed by atoms with Crippen LogP contribution in [-0.2, 0) is 0 Å². The lowest BCUT2D eigenvalue weighted by Crippen LogP contribution is -2.33. The SMILES string of the molecule is C=CCN(C(=O)c1ccc(Cl)cc1O)C1CC1. The van der Waals surface area contributed by atoms with Gasteiger partial charge in [0.05, 0.1) is 5.56 Å². The van der Waals surface area contributed by atoms with Crippen LogP contribution in [0.2, 0.25) is 5.02 Å². The number of phenols is 1. The lowest BCUT2D eigenvalue weighted by atomic mass is 10.1. The van der Waals surface area contributed by atoms with Crippen LogP contribution in [0.4, 0.5) is 0 Å². The highest BCUT2D eigenvalue weighted by atomic mass is 35.5. The van der Waals surface area contributed by atoms with Crippen molar-refractivity contribution in [2.45, 2.75) is 18.9 Å². The number of halogens is 1. The predicted molar refractivity (Wildman–Crippen MR) is 67.4 cm³/mol. The zero-order valence-electron chi connectivity index (χ0n) is 9.40. The van der Waals surface area contributed by atoms with E-state index in [9.17, 15) is 9.90 Å². The van der Waals surface area contributed by atoms with Crippen LogP contribution in [-0.4, -0.2) is 28.5 Å². The second-order valence-corrected chi connectivity index (χ2v) is 4.58. The number of carbonyl (C=O) groups is 1. The van der Waals surface area contributed by atoms with E-state index < -0.39 is 0 Å². The van der Waals surface area contributed by atoms with Crippen molar-refractivity contribution < 1.29 is 9.90 Å². The fourth-order valence-electron chi connectivity index (χ4n) is 1.76. The smallest absolute Gasteiger partial charge is 0.258 e. The number of amides is 1. The van der Waals surface area contributed by atoms with Crippen LogP contribution in [0.5, 0.6) is 5.75 Å². The fraction of sp³-hybridized carbons (Fsp3) is 0.308. The fourth-order valence-corrected chi connectivity index (χ4v) is 1.93. The molecule has 17 heavy (non-hydrogen) atoms. The van der Waals surface area contributed by atoms with Crippen molar-refractivity contribution >= 4 is 17.5 Å². The molecule has 1 aliphatic carbocycles. The third kappa shape index (κ3) is 2.61. The molecular formula is C13H14ClNO2. The minimum atomic E-state index is -0.165. The quantitative estimate of drug-likeness (QED) is 0.836. The molecule has 0 radical (unpaired) electrons. The number of aromatic hydroxyl groups is 1. The number of hydrogen-bond acceptors (Lipinski definition) is 2. The van der Waals surface area contributed by atoms with Gasteiger partial charge in [0.15, 0.2) is 0 Å². The summed E-state index contributed by atoms with van der Waals surface area (Å²) in [5.41, 5.74) is 0.295. The summed E-state index contributed by atoms with van der Waals surface area (Å²) in [4.78, 5) is 14.0. The Balaban J connectivity index is 2.24. The van der Waals surface area contributed by atoms with Crippen molar-refractivity contribution in [3.63, 3.8) is 0 Å². The molecule has 0 bridgehead atoms. The van der Waals surface area contributed by atoms with E-state index in [4.69, 9.17) is 11.6 Å².